The minimum atomic E-state index is -0.457. The van der Waals surface area contributed by atoms with Crippen molar-refractivity contribution in [2.45, 2.75) is 13.5 Å². The number of nitro groups is 1. The Hall–Kier alpha value is -2.02. The molecule has 0 amide bonds. The second-order valence-electron chi connectivity index (χ2n) is 3.36. The zero-order valence-electron chi connectivity index (χ0n) is 9.08. The van der Waals surface area contributed by atoms with Crippen LogP contribution in [0.4, 0.5) is 11.4 Å². The van der Waals surface area contributed by atoms with Gasteiger partial charge in [-0.15, -0.1) is 11.3 Å². The first kappa shape index (κ1) is 11.5. The average Bonchev–Trinajstić information content (AvgIpc) is 2.73. The Morgan fingerprint density at radius 1 is 1.59 bits per heavy atom. The molecule has 2 heterocycles. The third-order valence-corrected chi connectivity index (χ3v) is 2.95. The van der Waals surface area contributed by atoms with E-state index in [0.717, 1.165) is 10.7 Å². The third-order valence-electron chi connectivity index (χ3n) is 2.12. The first-order chi connectivity index (χ1) is 8.16. The van der Waals surface area contributed by atoms with Gasteiger partial charge in [0.05, 0.1) is 22.2 Å². The van der Waals surface area contributed by atoms with Gasteiger partial charge in [-0.1, -0.05) is 0 Å². The number of nitrogens with zero attached hydrogens (tertiary/aromatic N) is 3. The lowest BCUT2D eigenvalue weighted by Gasteiger charge is -2.04. The van der Waals surface area contributed by atoms with Crippen molar-refractivity contribution >= 4 is 22.7 Å². The standard InChI is InChI=1S/C10H10N4O2S/c1-7-13-8(6-17-7)4-12-9-2-3-11-5-10(9)14(15)16/h2-3,5-6H,4H2,1H3,(H,11,12). The van der Waals surface area contributed by atoms with E-state index in [1.54, 1.807) is 17.4 Å². The van der Waals surface area contributed by atoms with E-state index < -0.39 is 4.92 Å². The van der Waals surface area contributed by atoms with Gasteiger partial charge in [-0.3, -0.25) is 15.1 Å². The first-order valence-electron chi connectivity index (χ1n) is 4.90. The first-order valence-corrected chi connectivity index (χ1v) is 5.78. The predicted molar refractivity (Wildman–Crippen MR) is 65.1 cm³/mol. The molecule has 2 aromatic rings. The minimum absolute atomic E-state index is 0.0283. The summed E-state index contributed by atoms with van der Waals surface area (Å²) < 4.78 is 0. The van der Waals surface area contributed by atoms with Gasteiger partial charge in [0.25, 0.3) is 0 Å². The minimum Gasteiger partial charge on any atom is -0.374 e. The highest BCUT2D eigenvalue weighted by Crippen LogP contribution is 2.22. The third kappa shape index (κ3) is 2.76. The Bertz CT molecular complexity index is 541. The van der Waals surface area contributed by atoms with Crippen LogP contribution in [0.15, 0.2) is 23.8 Å². The van der Waals surface area contributed by atoms with E-state index >= 15 is 0 Å². The molecule has 0 fully saturated rings. The molecule has 0 atom stereocenters. The van der Waals surface area contributed by atoms with Gasteiger partial charge in [-0.2, -0.15) is 0 Å². The Balaban J connectivity index is 2.11. The summed E-state index contributed by atoms with van der Waals surface area (Å²) in [7, 11) is 0. The maximum absolute atomic E-state index is 10.7. The molecular weight excluding hydrogens is 240 g/mol. The summed E-state index contributed by atoms with van der Waals surface area (Å²) in [6.07, 6.45) is 2.75. The van der Waals surface area contributed by atoms with E-state index in [-0.39, 0.29) is 5.69 Å². The van der Waals surface area contributed by atoms with Crippen LogP contribution in [0.5, 0.6) is 0 Å². The van der Waals surface area contributed by atoms with Crippen LogP contribution in [0.1, 0.15) is 10.7 Å². The zero-order chi connectivity index (χ0) is 12.3. The topological polar surface area (TPSA) is 81.0 Å². The van der Waals surface area contributed by atoms with Crippen LogP contribution in [-0.2, 0) is 6.54 Å². The lowest BCUT2D eigenvalue weighted by atomic mass is 10.3. The Morgan fingerprint density at radius 3 is 3.06 bits per heavy atom. The monoisotopic (exact) mass is 250 g/mol. The number of anilines is 1. The van der Waals surface area contributed by atoms with Crippen LogP contribution in [0, 0.1) is 17.0 Å². The van der Waals surface area contributed by atoms with Gasteiger partial charge in [0, 0.05) is 11.6 Å². The molecule has 0 aliphatic carbocycles. The van der Waals surface area contributed by atoms with Crippen LogP contribution >= 0.6 is 11.3 Å². The van der Waals surface area contributed by atoms with Crippen LogP contribution in [0.25, 0.3) is 0 Å². The molecule has 17 heavy (non-hydrogen) atoms. The SMILES string of the molecule is Cc1nc(CNc2ccncc2[N+](=O)[O-])cs1. The van der Waals surface area contributed by atoms with E-state index in [0.29, 0.717) is 12.2 Å². The van der Waals surface area contributed by atoms with E-state index in [2.05, 4.69) is 15.3 Å². The molecule has 0 saturated carbocycles. The van der Waals surface area contributed by atoms with Crippen LogP contribution in [0.3, 0.4) is 0 Å². The summed E-state index contributed by atoms with van der Waals surface area (Å²) in [5.41, 5.74) is 1.30. The van der Waals surface area contributed by atoms with Crippen LogP contribution in [-0.4, -0.2) is 14.9 Å². The molecule has 88 valence electrons. The molecule has 0 aromatic carbocycles. The van der Waals surface area contributed by atoms with E-state index in [9.17, 15) is 10.1 Å². The smallest absolute Gasteiger partial charge is 0.310 e. The number of pyridine rings is 1. The van der Waals surface area contributed by atoms with E-state index in [1.807, 2.05) is 12.3 Å². The summed E-state index contributed by atoms with van der Waals surface area (Å²) in [6, 6.07) is 1.58. The van der Waals surface area contributed by atoms with Crippen molar-refractivity contribution in [2.24, 2.45) is 0 Å². The summed E-state index contributed by atoms with van der Waals surface area (Å²) in [6.45, 7) is 2.39. The van der Waals surface area contributed by atoms with E-state index in [1.165, 1.54) is 12.4 Å². The van der Waals surface area contributed by atoms with Crippen LogP contribution in [0.2, 0.25) is 0 Å². The Kier molecular flexibility index (Phi) is 3.29. The number of thiazole rings is 1. The maximum atomic E-state index is 10.7. The molecule has 2 rings (SSSR count). The van der Waals surface area contributed by atoms with Crippen molar-refractivity contribution in [1.82, 2.24) is 9.97 Å². The van der Waals surface area contributed by atoms with Gasteiger partial charge in [0.1, 0.15) is 11.9 Å². The molecular formula is C10H10N4O2S. The molecule has 0 bridgehead atoms. The van der Waals surface area contributed by atoms with Crippen molar-refractivity contribution in [2.75, 3.05) is 5.32 Å². The quantitative estimate of drug-likeness (QED) is 0.665. The highest BCUT2D eigenvalue weighted by atomic mass is 32.1. The van der Waals surface area contributed by atoms with Crippen molar-refractivity contribution in [3.63, 3.8) is 0 Å². The molecule has 0 aliphatic rings. The highest BCUT2D eigenvalue weighted by Gasteiger charge is 2.12. The number of rotatable bonds is 4. The molecule has 0 aliphatic heterocycles. The number of hydrogen-bond acceptors (Lipinski definition) is 6. The molecule has 1 N–H and O–H groups in total. The number of aryl methyl sites for hydroxylation is 1. The van der Waals surface area contributed by atoms with Gasteiger partial charge in [-0.05, 0) is 13.0 Å². The second kappa shape index (κ2) is 4.88. The number of aromatic nitrogens is 2. The summed E-state index contributed by atoms with van der Waals surface area (Å²) >= 11 is 1.55. The lowest BCUT2D eigenvalue weighted by molar-refractivity contribution is -0.384. The summed E-state index contributed by atoms with van der Waals surface area (Å²) in [5, 5.41) is 16.6. The van der Waals surface area contributed by atoms with Crippen LogP contribution < -0.4 is 5.32 Å². The molecule has 6 nitrogen and oxygen atoms in total. The van der Waals surface area contributed by atoms with Crippen molar-refractivity contribution in [1.29, 1.82) is 0 Å². The highest BCUT2D eigenvalue weighted by molar-refractivity contribution is 7.09. The molecule has 7 heteroatoms. The van der Waals surface area contributed by atoms with Gasteiger partial charge in [0.15, 0.2) is 0 Å². The van der Waals surface area contributed by atoms with Gasteiger partial charge in [-0.25, -0.2) is 4.98 Å². The molecule has 0 unspecified atom stereocenters. The Labute approximate surface area is 102 Å². The van der Waals surface area contributed by atoms with Crippen molar-refractivity contribution in [3.8, 4) is 0 Å². The van der Waals surface area contributed by atoms with Gasteiger partial charge >= 0.3 is 5.69 Å². The fraction of sp³-hybridized carbons (Fsp3) is 0.200. The lowest BCUT2D eigenvalue weighted by Crippen LogP contribution is -2.03. The molecule has 2 aromatic heterocycles. The van der Waals surface area contributed by atoms with Crippen molar-refractivity contribution < 1.29 is 4.92 Å². The largest absolute Gasteiger partial charge is 0.374 e. The zero-order valence-corrected chi connectivity index (χ0v) is 9.90. The predicted octanol–water partition coefficient (Wildman–Crippen LogP) is 2.37. The van der Waals surface area contributed by atoms with Gasteiger partial charge < -0.3 is 5.32 Å². The molecule has 0 radical (unpaired) electrons. The second-order valence-corrected chi connectivity index (χ2v) is 4.42. The maximum Gasteiger partial charge on any atom is 0.310 e. The number of hydrogen-bond donors (Lipinski definition) is 1. The van der Waals surface area contributed by atoms with E-state index in [4.69, 9.17) is 0 Å². The molecule has 0 spiro atoms. The Morgan fingerprint density at radius 2 is 2.41 bits per heavy atom. The average molecular weight is 250 g/mol. The summed E-state index contributed by atoms with van der Waals surface area (Å²) in [4.78, 5) is 18.3. The normalized spacial score (nSPS) is 10.2. The fourth-order valence-electron chi connectivity index (χ4n) is 1.36. The van der Waals surface area contributed by atoms with Gasteiger partial charge in [0.2, 0.25) is 0 Å². The summed E-state index contributed by atoms with van der Waals surface area (Å²) in [5.74, 6) is 0. The molecule has 0 saturated heterocycles. The fourth-order valence-corrected chi connectivity index (χ4v) is 1.97. The van der Waals surface area contributed by atoms with Crippen molar-refractivity contribution in [3.05, 3.63) is 44.7 Å². The number of nitrogens with one attached hydrogen (secondary N) is 1.